The molecular weight excluding hydrogens is 624 g/mol. The predicted molar refractivity (Wildman–Crippen MR) is 189 cm³/mol. The maximum atomic E-state index is 14.2. The molecule has 0 aromatic heterocycles. The van der Waals surface area contributed by atoms with Gasteiger partial charge in [0.1, 0.15) is 5.82 Å². The lowest BCUT2D eigenvalue weighted by molar-refractivity contribution is -0.197. The van der Waals surface area contributed by atoms with Crippen molar-refractivity contribution in [2.24, 2.45) is 11.8 Å². The molecule has 1 saturated heterocycles. The van der Waals surface area contributed by atoms with Crippen LogP contribution in [0.4, 0.5) is 4.39 Å². The molecule has 0 radical (unpaired) electrons. The molecule has 2 fully saturated rings. The number of halogens is 1. The van der Waals surface area contributed by atoms with E-state index in [-0.39, 0.29) is 48.3 Å². The van der Waals surface area contributed by atoms with Crippen LogP contribution in [-0.4, -0.2) is 58.2 Å². The normalized spacial score (nSPS) is 25.0. The first-order chi connectivity index (χ1) is 23.1. The fourth-order valence-electron chi connectivity index (χ4n) is 7.99. The molecule has 3 aromatic carbocycles. The van der Waals surface area contributed by atoms with E-state index >= 15 is 0 Å². The Morgan fingerprint density at radius 3 is 2.19 bits per heavy atom. The van der Waals surface area contributed by atoms with E-state index in [2.05, 4.69) is 69.3 Å². The van der Waals surface area contributed by atoms with Gasteiger partial charge in [0.25, 0.3) is 8.32 Å². The second-order valence-electron chi connectivity index (χ2n) is 14.1. The fraction of sp³-hybridized carbons (Fsp3) is 0.475. The Morgan fingerprint density at radius 1 is 1.00 bits per heavy atom. The Morgan fingerprint density at radius 2 is 1.65 bits per heavy atom. The highest BCUT2D eigenvalue weighted by atomic mass is 28.4. The first-order valence-corrected chi connectivity index (χ1v) is 19.3. The first-order valence-electron chi connectivity index (χ1n) is 17.4. The van der Waals surface area contributed by atoms with E-state index in [1.54, 1.807) is 19.1 Å². The van der Waals surface area contributed by atoms with Crippen LogP contribution in [0.2, 0.25) is 5.04 Å². The van der Waals surface area contributed by atoms with E-state index in [1.807, 2.05) is 18.2 Å². The summed E-state index contributed by atoms with van der Waals surface area (Å²) in [6.45, 7) is 9.69. The predicted octanol–water partition coefficient (Wildman–Crippen LogP) is 6.69. The van der Waals surface area contributed by atoms with Crippen LogP contribution in [0.25, 0.3) is 0 Å². The van der Waals surface area contributed by atoms with Crippen LogP contribution in [0.1, 0.15) is 65.4 Å². The molecule has 1 saturated carbocycles. The fourth-order valence-corrected chi connectivity index (χ4v) is 12.6. The highest BCUT2D eigenvalue weighted by Crippen LogP contribution is 2.53. The summed E-state index contributed by atoms with van der Waals surface area (Å²) in [6.07, 6.45) is 6.44. The average molecular weight is 675 g/mol. The number of aliphatic hydroxyl groups is 1. The minimum atomic E-state index is -2.92. The van der Waals surface area contributed by atoms with Crippen molar-refractivity contribution in [2.75, 3.05) is 26.4 Å². The van der Waals surface area contributed by atoms with Crippen LogP contribution in [0.15, 0.2) is 97.1 Å². The monoisotopic (exact) mass is 674 g/mol. The third-order valence-electron chi connectivity index (χ3n) is 10.3. The highest BCUT2D eigenvalue weighted by Gasteiger charge is 2.57. The molecule has 1 aliphatic heterocycles. The summed E-state index contributed by atoms with van der Waals surface area (Å²) in [7, 11) is -2.92. The van der Waals surface area contributed by atoms with Crippen molar-refractivity contribution in [2.45, 2.75) is 82.6 Å². The van der Waals surface area contributed by atoms with Gasteiger partial charge in [0, 0.05) is 30.6 Å². The van der Waals surface area contributed by atoms with Gasteiger partial charge in [-0.2, -0.15) is 0 Å². The summed E-state index contributed by atoms with van der Waals surface area (Å²) in [5.41, 5.74) is 0.0675. The van der Waals surface area contributed by atoms with Crippen molar-refractivity contribution in [1.29, 1.82) is 0 Å². The van der Waals surface area contributed by atoms with Crippen LogP contribution in [0, 0.1) is 17.7 Å². The van der Waals surface area contributed by atoms with Gasteiger partial charge in [-0.25, -0.2) is 9.18 Å². The van der Waals surface area contributed by atoms with Gasteiger partial charge in [-0.3, -0.25) is 0 Å². The van der Waals surface area contributed by atoms with Gasteiger partial charge in [0.05, 0.1) is 19.3 Å². The number of carbonyl (C=O) groups excluding carboxylic acids is 1. The molecule has 1 unspecified atom stereocenters. The van der Waals surface area contributed by atoms with E-state index < -0.39 is 19.7 Å². The molecule has 3 aromatic rings. The molecule has 0 bridgehead atoms. The van der Waals surface area contributed by atoms with Gasteiger partial charge in [-0.05, 0) is 78.1 Å². The minimum absolute atomic E-state index is 0.169. The zero-order valence-electron chi connectivity index (χ0n) is 28.8. The highest BCUT2D eigenvalue weighted by molar-refractivity contribution is 6.99. The molecule has 1 N–H and O–H groups in total. The SMILES string of the molecule is CCOC(=O)/C=C/C[C@H]1[C@H](CO[Si](c2ccccc2)(c2ccccc2)C(C)(C)C)[C@@H](OC2CCCCO2)C[C@]1(CO)c1ccc(F)cc1. The van der Waals surface area contributed by atoms with Crippen molar-refractivity contribution >= 4 is 24.7 Å². The number of esters is 1. The van der Waals surface area contributed by atoms with Crippen molar-refractivity contribution in [3.63, 3.8) is 0 Å². The Bertz CT molecular complexity index is 1430. The Hall–Kier alpha value is -3.14. The molecule has 2 aliphatic rings. The first kappa shape index (κ1) is 36.1. The third-order valence-corrected chi connectivity index (χ3v) is 15.3. The summed E-state index contributed by atoms with van der Waals surface area (Å²) in [6, 6.07) is 27.5. The number of allylic oxidation sites excluding steroid dienone is 1. The number of rotatable bonds is 13. The second kappa shape index (κ2) is 16.0. The second-order valence-corrected chi connectivity index (χ2v) is 18.4. The van der Waals surface area contributed by atoms with E-state index in [9.17, 15) is 14.3 Å². The van der Waals surface area contributed by atoms with Gasteiger partial charge in [0.15, 0.2) is 6.29 Å². The lowest BCUT2D eigenvalue weighted by atomic mass is 9.69. The van der Waals surface area contributed by atoms with Crippen LogP contribution in [-0.2, 0) is 28.8 Å². The number of benzene rings is 3. The quantitative estimate of drug-likeness (QED) is 0.124. The van der Waals surface area contributed by atoms with Gasteiger partial charge in [0.2, 0.25) is 0 Å². The molecular formula is C40H51FO6Si. The lowest BCUT2D eigenvalue weighted by Crippen LogP contribution is -2.67. The smallest absolute Gasteiger partial charge is 0.330 e. The molecule has 8 heteroatoms. The number of hydrogen-bond donors (Lipinski definition) is 1. The third kappa shape index (κ3) is 7.68. The molecule has 0 spiro atoms. The molecule has 6 nitrogen and oxygen atoms in total. The topological polar surface area (TPSA) is 74.2 Å². The Labute approximate surface area is 286 Å². The molecule has 5 rings (SSSR count). The van der Waals surface area contributed by atoms with Gasteiger partial charge in [-0.1, -0.05) is 99.6 Å². The standard InChI is InChI=1S/C40H51FO6Si/c1-5-44-37(43)20-14-19-35-34(28-46-48(39(2,3)4,32-15-8-6-9-16-32)33-17-10-7-11-18-33)36(47-38-21-12-13-26-45-38)27-40(35,29-42)30-22-24-31(41)25-23-30/h6-11,14-18,20,22-25,34-36,38,42H,5,12-13,19,21,26-29H2,1-4H3/b20-14+/t34-,35-,36-,38?,40-/m0/s1. The molecule has 258 valence electrons. The van der Waals surface area contributed by atoms with E-state index in [4.69, 9.17) is 18.6 Å². The van der Waals surface area contributed by atoms with Crippen molar-refractivity contribution in [3.05, 3.63) is 108 Å². The van der Waals surface area contributed by atoms with Crippen molar-refractivity contribution in [3.8, 4) is 0 Å². The molecule has 48 heavy (non-hydrogen) atoms. The lowest BCUT2D eigenvalue weighted by Gasteiger charge is -2.44. The van der Waals surface area contributed by atoms with Crippen LogP contribution in [0.3, 0.4) is 0 Å². The maximum Gasteiger partial charge on any atom is 0.330 e. The Kier molecular flexibility index (Phi) is 12.1. The maximum absolute atomic E-state index is 14.2. The van der Waals surface area contributed by atoms with Crippen LogP contribution >= 0.6 is 0 Å². The van der Waals surface area contributed by atoms with Gasteiger partial charge in [-0.15, -0.1) is 0 Å². The summed E-state index contributed by atoms with van der Waals surface area (Å²) >= 11 is 0. The van der Waals surface area contributed by atoms with Gasteiger partial charge >= 0.3 is 5.97 Å². The van der Waals surface area contributed by atoms with Crippen molar-refractivity contribution < 1.29 is 32.9 Å². The molecule has 1 aliphatic carbocycles. The Balaban J connectivity index is 1.61. The number of hydrogen-bond acceptors (Lipinski definition) is 6. The molecule has 0 amide bonds. The zero-order valence-corrected chi connectivity index (χ0v) is 29.8. The number of carbonyl (C=O) groups is 1. The largest absolute Gasteiger partial charge is 0.463 e. The summed E-state index contributed by atoms with van der Waals surface area (Å²) in [4.78, 5) is 12.4. The number of ether oxygens (including phenoxy) is 3. The number of aliphatic hydroxyl groups excluding tert-OH is 1. The van der Waals surface area contributed by atoms with Crippen LogP contribution < -0.4 is 10.4 Å². The van der Waals surface area contributed by atoms with Crippen LogP contribution in [0.5, 0.6) is 0 Å². The summed E-state index contributed by atoms with van der Waals surface area (Å²) in [5, 5.41) is 13.5. The van der Waals surface area contributed by atoms with E-state index in [1.165, 1.54) is 28.6 Å². The van der Waals surface area contributed by atoms with E-state index in [0.29, 0.717) is 26.1 Å². The molecule has 1 heterocycles. The minimum Gasteiger partial charge on any atom is -0.463 e. The van der Waals surface area contributed by atoms with Crippen molar-refractivity contribution in [1.82, 2.24) is 0 Å². The van der Waals surface area contributed by atoms with E-state index in [0.717, 1.165) is 24.8 Å². The molecule has 5 atom stereocenters. The van der Waals surface area contributed by atoms with Gasteiger partial charge < -0.3 is 23.7 Å². The summed E-state index contributed by atoms with van der Waals surface area (Å²) < 4.78 is 39.9. The summed E-state index contributed by atoms with van der Waals surface area (Å²) in [5.74, 6) is -1.12. The zero-order chi connectivity index (χ0) is 34.2. The average Bonchev–Trinajstić information content (AvgIpc) is 3.38.